The summed E-state index contributed by atoms with van der Waals surface area (Å²) in [4.78, 5) is 31.1. The van der Waals surface area contributed by atoms with E-state index < -0.39 is 0 Å². The molecule has 2 aliphatic heterocycles. The Kier molecular flexibility index (Phi) is 5.87. The maximum Gasteiger partial charge on any atom is 0.236 e. The van der Waals surface area contributed by atoms with Gasteiger partial charge in [0.15, 0.2) is 0 Å². The number of anilines is 1. The standard InChI is InChI=1S/C24H29N5OS/c1-18-25-23(20-16-21(31-24(20)26-18)19-8-4-2-5-9-19)29-14-12-27(13-15-29)17-22(30)28-10-6-3-7-11-28/h2,4-5,8-9,16H,3,6-7,10-15,17H2,1H3. The first kappa shape index (κ1) is 20.4. The van der Waals surface area contributed by atoms with Gasteiger partial charge in [-0.25, -0.2) is 9.97 Å². The molecule has 1 aromatic carbocycles. The number of rotatable bonds is 4. The van der Waals surface area contributed by atoms with Crippen molar-refractivity contribution in [3.63, 3.8) is 0 Å². The molecule has 6 nitrogen and oxygen atoms in total. The summed E-state index contributed by atoms with van der Waals surface area (Å²) in [5.74, 6) is 2.13. The average molecular weight is 436 g/mol. The summed E-state index contributed by atoms with van der Waals surface area (Å²) in [6.45, 7) is 7.92. The molecule has 2 aliphatic rings. The van der Waals surface area contributed by atoms with Crippen LogP contribution in [0, 0.1) is 6.92 Å². The van der Waals surface area contributed by atoms with Crippen LogP contribution in [0.25, 0.3) is 20.7 Å². The molecular formula is C24H29N5OS. The Morgan fingerprint density at radius 1 is 0.968 bits per heavy atom. The first-order valence-corrected chi connectivity index (χ1v) is 12.1. The van der Waals surface area contributed by atoms with Crippen molar-refractivity contribution in [2.75, 3.05) is 50.7 Å². The zero-order chi connectivity index (χ0) is 21.2. The second-order valence-corrected chi connectivity index (χ2v) is 9.53. The minimum absolute atomic E-state index is 0.291. The maximum atomic E-state index is 12.6. The van der Waals surface area contributed by atoms with E-state index in [4.69, 9.17) is 9.97 Å². The van der Waals surface area contributed by atoms with Gasteiger partial charge in [-0.05, 0) is 37.8 Å². The molecule has 1 amide bonds. The van der Waals surface area contributed by atoms with Crippen LogP contribution >= 0.6 is 11.3 Å². The van der Waals surface area contributed by atoms with Crippen molar-refractivity contribution in [2.24, 2.45) is 0 Å². The molecule has 2 saturated heterocycles. The number of benzene rings is 1. The molecule has 0 bridgehead atoms. The third-order valence-corrected chi connectivity index (χ3v) is 7.36. The Morgan fingerprint density at radius 2 is 1.71 bits per heavy atom. The van der Waals surface area contributed by atoms with Crippen LogP contribution in [0.2, 0.25) is 0 Å². The number of thiophene rings is 1. The quantitative estimate of drug-likeness (QED) is 0.624. The van der Waals surface area contributed by atoms with Crippen molar-refractivity contribution in [3.05, 3.63) is 42.2 Å². The number of piperazine rings is 1. The van der Waals surface area contributed by atoms with E-state index in [-0.39, 0.29) is 0 Å². The van der Waals surface area contributed by atoms with Crippen molar-refractivity contribution in [3.8, 4) is 10.4 Å². The van der Waals surface area contributed by atoms with Gasteiger partial charge >= 0.3 is 0 Å². The lowest BCUT2D eigenvalue weighted by Crippen LogP contribution is -2.51. The van der Waals surface area contributed by atoms with E-state index in [1.165, 1.54) is 16.9 Å². The molecule has 2 fully saturated rings. The highest BCUT2D eigenvalue weighted by Crippen LogP contribution is 2.36. The molecule has 2 aromatic heterocycles. The van der Waals surface area contributed by atoms with E-state index in [0.717, 1.165) is 74.0 Å². The number of piperidine rings is 1. The smallest absolute Gasteiger partial charge is 0.236 e. The number of hydrogen-bond donors (Lipinski definition) is 0. The molecular weight excluding hydrogens is 406 g/mol. The molecule has 0 aliphatic carbocycles. The highest BCUT2D eigenvalue weighted by Gasteiger charge is 2.25. The summed E-state index contributed by atoms with van der Waals surface area (Å²) in [6, 6.07) is 12.7. The largest absolute Gasteiger partial charge is 0.353 e. The molecule has 3 aromatic rings. The minimum atomic E-state index is 0.291. The number of aromatic nitrogens is 2. The van der Waals surface area contributed by atoms with E-state index >= 15 is 0 Å². The molecule has 0 atom stereocenters. The fourth-order valence-corrected chi connectivity index (χ4v) is 5.63. The number of amides is 1. The van der Waals surface area contributed by atoms with Crippen LogP contribution in [-0.4, -0.2) is 71.5 Å². The summed E-state index contributed by atoms with van der Waals surface area (Å²) in [5.41, 5.74) is 1.22. The minimum Gasteiger partial charge on any atom is -0.353 e. The molecule has 0 unspecified atom stereocenters. The van der Waals surface area contributed by atoms with Gasteiger partial charge in [0.1, 0.15) is 16.5 Å². The first-order valence-electron chi connectivity index (χ1n) is 11.3. The summed E-state index contributed by atoms with van der Waals surface area (Å²) in [6.07, 6.45) is 3.55. The van der Waals surface area contributed by atoms with Crippen LogP contribution in [0.4, 0.5) is 5.82 Å². The Hall–Kier alpha value is -2.51. The normalized spacial score (nSPS) is 18.0. The zero-order valence-corrected chi connectivity index (χ0v) is 18.9. The van der Waals surface area contributed by atoms with Gasteiger partial charge in [-0.15, -0.1) is 11.3 Å². The number of nitrogens with zero attached hydrogens (tertiary/aromatic N) is 5. The zero-order valence-electron chi connectivity index (χ0n) is 18.1. The van der Waals surface area contributed by atoms with Gasteiger partial charge in [-0.1, -0.05) is 30.3 Å². The molecule has 7 heteroatoms. The maximum absolute atomic E-state index is 12.6. The third kappa shape index (κ3) is 4.43. The van der Waals surface area contributed by atoms with E-state index in [0.29, 0.717) is 12.5 Å². The number of hydrogen-bond acceptors (Lipinski definition) is 6. The molecule has 162 valence electrons. The fraction of sp³-hybridized carbons (Fsp3) is 0.458. The van der Waals surface area contributed by atoms with E-state index in [2.05, 4.69) is 40.1 Å². The van der Waals surface area contributed by atoms with Crippen LogP contribution in [0.3, 0.4) is 0 Å². The van der Waals surface area contributed by atoms with Gasteiger partial charge in [0.25, 0.3) is 0 Å². The van der Waals surface area contributed by atoms with Crippen molar-refractivity contribution in [1.29, 1.82) is 0 Å². The Balaban J connectivity index is 1.30. The van der Waals surface area contributed by atoms with Crippen LogP contribution in [0.15, 0.2) is 36.4 Å². The predicted octanol–water partition coefficient (Wildman–Crippen LogP) is 3.80. The number of likely N-dealkylation sites (tertiary alicyclic amines) is 1. The SMILES string of the molecule is Cc1nc(N2CCN(CC(=O)N3CCCCC3)CC2)c2cc(-c3ccccc3)sc2n1. The Morgan fingerprint density at radius 3 is 2.45 bits per heavy atom. The number of carbonyl (C=O) groups is 1. The lowest BCUT2D eigenvalue weighted by atomic mass is 10.1. The molecule has 4 heterocycles. The average Bonchev–Trinajstić information content (AvgIpc) is 3.24. The molecule has 5 rings (SSSR count). The highest BCUT2D eigenvalue weighted by molar-refractivity contribution is 7.21. The first-order chi connectivity index (χ1) is 15.2. The number of aryl methyl sites for hydroxylation is 1. The predicted molar refractivity (Wildman–Crippen MR) is 127 cm³/mol. The second kappa shape index (κ2) is 8.93. The Labute approximate surface area is 187 Å². The fourth-order valence-electron chi connectivity index (χ4n) is 4.55. The third-order valence-electron chi connectivity index (χ3n) is 6.28. The van der Waals surface area contributed by atoms with Gasteiger partial charge in [0, 0.05) is 44.1 Å². The van der Waals surface area contributed by atoms with Gasteiger partial charge in [-0.3, -0.25) is 9.69 Å². The monoisotopic (exact) mass is 435 g/mol. The van der Waals surface area contributed by atoms with Crippen molar-refractivity contribution in [1.82, 2.24) is 19.8 Å². The van der Waals surface area contributed by atoms with Crippen molar-refractivity contribution in [2.45, 2.75) is 26.2 Å². The number of carbonyl (C=O) groups excluding carboxylic acids is 1. The lowest BCUT2D eigenvalue weighted by molar-refractivity contribution is -0.133. The summed E-state index contributed by atoms with van der Waals surface area (Å²) < 4.78 is 0. The van der Waals surface area contributed by atoms with Crippen LogP contribution in [0.1, 0.15) is 25.1 Å². The van der Waals surface area contributed by atoms with Crippen LogP contribution < -0.4 is 4.90 Å². The summed E-state index contributed by atoms with van der Waals surface area (Å²) in [5, 5.41) is 1.13. The Bertz CT molecular complexity index is 1050. The number of fused-ring (bicyclic) bond motifs is 1. The van der Waals surface area contributed by atoms with Gasteiger partial charge in [-0.2, -0.15) is 0 Å². The molecule has 31 heavy (non-hydrogen) atoms. The van der Waals surface area contributed by atoms with Gasteiger partial charge < -0.3 is 9.80 Å². The summed E-state index contributed by atoms with van der Waals surface area (Å²) in [7, 11) is 0. The van der Waals surface area contributed by atoms with Crippen molar-refractivity contribution < 1.29 is 4.79 Å². The van der Waals surface area contributed by atoms with Gasteiger partial charge in [0.2, 0.25) is 5.91 Å². The highest BCUT2D eigenvalue weighted by atomic mass is 32.1. The van der Waals surface area contributed by atoms with E-state index in [1.54, 1.807) is 11.3 Å². The molecule has 0 saturated carbocycles. The lowest BCUT2D eigenvalue weighted by Gasteiger charge is -2.36. The van der Waals surface area contributed by atoms with E-state index in [9.17, 15) is 4.79 Å². The van der Waals surface area contributed by atoms with E-state index in [1.807, 2.05) is 17.9 Å². The molecule has 0 spiro atoms. The topological polar surface area (TPSA) is 52.6 Å². The molecule has 0 N–H and O–H groups in total. The summed E-state index contributed by atoms with van der Waals surface area (Å²) >= 11 is 1.73. The van der Waals surface area contributed by atoms with Crippen LogP contribution in [0.5, 0.6) is 0 Å². The molecule has 0 radical (unpaired) electrons. The second-order valence-electron chi connectivity index (χ2n) is 8.49. The van der Waals surface area contributed by atoms with Crippen molar-refractivity contribution >= 4 is 33.3 Å². The van der Waals surface area contributed by atoms with Gasteiger partial charge in [0.05, 0.1) is 11.9 Å². The van der Waals surface area contributed by atoms with Crippen LogP contribution in [-0.2, 0) is 4.79 Å².